The third-order valence-electron chi connectivity index (χ3n) is 5.90. The molecule has 0 aliphatic carbocycles. The fourth-order valence-electron chi connectivity index (χ4n) is 3.96. The molecule has 1 saturated heterocycles. The molecule has 1 N–H and O–H groups in total. The van der Waals surface area contributed by atoms with Gasteiger partial charge in [0, 0.05) is 43.3 Å². The van der Waals surface area contributed by atoms with Gasteiger partial charge in [0.15, 0.2) is 0 Å². The number of nitrogens with zero attached hydrogens (tertiary/aromatic N) is 2. The van der Waals surface area contributed by atoms with Crippen LogP contribution < -0.4 is 5.56 Å². The van der Waals surface area contributed by atoms with Gasteiger partial charge < -0.3 is 9.88 Å². The number of likely N-dealkylation sites (N-methyl/N-ethyl adjacent to an activating group) is 1. The third-order valence-corrected chi connectivity index (χ3v) is 5.90. The van der Waals surface area contributed by atoms with Gasteiger partial charge in [0.25, 0.3) is 5.56 Å². The van der Waals surface area contributed by atoms with Gasteiger partial charge in [-0.05, 0) is 55.1 Å². The Morgan fingerprint density at radius 3 is 2.37 bits per heavy atom. The van der Waals surface area contributed by atoms with Crippen molar-refractivity contribution in [3.05, 3.63) is 70.0 Å². The third kappa shape index (κ3) is 3.55. The molecule has 0 radical (unpaired) electrons. The van der Waals surface area contributed by atoms with E-state index in [1.165, 1.54) is 5.56 Å². The second kappa shape index (κ2) is 7.29. The molecular weight excluding hydrogens is 334 g/mol. The average molecular weight is 361 g/mol. The van der Waals surface area contributed by atoms with Crippen LogP contribution in [0.25, 0.3) is 22.0 Å². The van der Waals surface area contributed by atoms with Gasteiger partial charge in [-0.3, -0.25) is 9.69 Å². The molecule has 0 amide bonds. The van der Waals surface area contributed by atoms with E-state index in [1.54, 1.807) is 0 Å². The maximum absolute atomic E-state index is 12.5. The number of nitrogens with one attached hydrogen (secondary N) is 1. The Kier molecular flexibility index (Phi) is 4.85. The highest BCUT2D eigenvalue weighted by Gasteiger charge is 2.20. The first-order chi connectivity index (χ1) is 13.0. The summed E-state index contributed by atoms with van der Waals surface area (Å²) in [7, 11) is 2.18. The van der Waals surface area contributed by atoms with Gasteiger partial charge in [0.05, 0.1) is 0 Å². The second-order valence-corrected chi connectivity index (χ2v) is 7.69. The van der Waals surface area contributed by atoms with Crippen molar-refractivity contribution in [2.75, 3.05) is 33.2 Å². The smallest absolute Gasteiger partial charge is 0.256 e. The van der Waals surface area contributed by atoms with Crippen LogP contribution in [0.4, 0.5) is 0 Å². The van der Waals surface area contributed by atoms with Crippen molar-refractivity contribution in [3.8, 4) is 11.3 Å². The van der Waals surface area contributed by atoms with Crippen molar-refractivity contribution in [1.82, 2.24) is 14.8 Å². The zero-order valence-corrected chi connectivity index (χ0v) is 16.3. The van der Waals surface area contributed by atoms with Gasteiger partial charge in [-0.1, -0.05) is 36.4 Å². The van der Waals surface area contributed by atoms with E-state index < -0.39 is 0 Å². The highest BCUT2D eigenvalue weighted by Crippen LogP contribution is 2.26. The number of pyridine rings is 1. The first-order valence-electron chi connectivity index (χ1n) is 9.68. The largest absolute Gasteiger partial charge is 0.321 e. The molecule has 3 aromatic rings. The Bertz CT molecular complexity index is 998. The summed E-state index contributed by atoms with van der Waals surface area (Å²) >= 11 is 0. The molecule has 1 atom stereocenters. The molecule has 1 unspecified atom stereocenters. The number of aryl methyl sites for hydroxylation is 1. The van der Waals surface area contributed by atoms with Crippen LogP contribution in [-0.2, 0) is 0 Å². The van der Waals surface area contributed by atoms with Gasteiger partial charge in [-0.2, -0.15) is 0 Å². The van der Waals surface area contributed by atoms with Crippen LogP contribution in [-0.4, -0.2) is 48.0 Å². The van der Waals surface area contributed by atoms with E-state index in [4.69, 9.17) is 0 Å². The number of hydrogen-bond donors (Lipinski definition) is 1. The number of benzene rings is 2. The summed E-state index contributed by atoms with van der Waals surface area (Å²) in [4.78, 5) is 20.4. The zero-order valence-electron chi connectivity index (χ0n) is 16.3. The van der Waals surface area contributed by atoms with E-state index in [0.29, 0.717) is 6.04 Å². The Morgan fingerprint density at radius 2 is 1.67 bits per heavy atom. The molecule has 27 heavy (non-hydrogen) atoms. The zero-order chi connectivity index (χ0) is 19.0. The molecule has 2 aromatic carbocycles. The Labute approximate surface area is 160 Å². The maximum atomic E-state index is 12.5. The predicted octanol–water partition coefficient (Wildman–Crippen LogP) is 3.81. The van der Waals surface area contributed by atoms with Crippen LogP contribution in [0.3, 0.4) is 0 Å². The molecule has 1 aliphatic rings. The van der Waals surface area contributed by atoms with Crippen LogP contribution in [0.5, 0.6) is 0 Å². The minimum atomic E-state index is -0.0268. The van der Waals surface area contributed by atoms with Crippen molar-refractivity contribution in [2.45, 2.75) is 19.9 Å². The summed E-state index contributed by atoms with van der Waals surface area (Å²) in [5.41, 5.74) is 4.34. The monoisotopic (exact) mass is 361 g/mol. The van der Waals surface area contributed by atoms with Gasteiger partial charge in [-0.25, -0.2) is 0 Å². The minimum absolute atomic E-state index is 0.0268. The molecule has 0 saturated carbocycles. The number of aromatic amines is 1. The number of rotatable bonds is 3. The van der Waals surface area contributed by atoms with Crippen LogP contribution in [0.2, 0.25) is 0 Å². The summed E-state index contributed by atoms with van der Waals surface area (Å²) in [5.74, 6) is 0. The van der Waals surface area contributed by atoms with E-state index in [-0.39, 0.29) is 5.56 Å². The number of hydrogen-bond acceptors (Lipinski definition) is 3. The van der Waals surface area contributed by atoms with Gasteiger partial charge in [-0.15, -0.1) is 0 Å². The standard InChI is InChI=1S/C23H27N3O/c1-16-5-4-6-20-21(16)15-22(24-23(20)27)19-9-7-18(8-10-19)17(2)26-13-11-25(3)12-14-26/h4-10,15,17H,11-14H2,1-3H3,(H,24,27). The average Bonchev–Trinajstić information content (AvgIpc) is 2.69. The first-order valence-corrected chi connectivity index (χ1v) is 9.68. The SMILES string of the molecule is Cc1cccc2c(=O)[nH]c(-c3ccc(C(C)N4CCN(C)CC4)cc3)cc12. The molecular formula is C23H27N3O. The van der Waals surface area contributed by atoms with Crippen molar-refractivity contribution >= 4 is 10.8 Å². The van der Waals surface area contributed by atoms with E-state index in [9.17, 15) is 4.79 Å². The lowest BCUT2D eigenvalue weighted by Gasteiger charge is -2.36. The van der Waals surface area contributed by atoms with Crippen molar-refractivity contribution in [1.29, 1.82) is 0 Å². The molecule has 4 nitrogen and oxygen atoms in total. The molecule has 1 aromatic heterocycles. The van der Waals surface area contributed by atoms with Gasteiger partial charge >= 0.3 is 0 Å². The lowest BCUT2D eigenvalue weighted by atomic mass is 10.0. The van der Waals surface area contributed by atoms with E-state index in [2.05, 4.69) is 59.1 Å². The van der Waals surface area contributed by atoms with Gasteiger partial charge in [0.2, 0.25) is 0 Å². The van der Waals surface area contributed by atoms with Crippen molar-refractivity contribution in [3.63, 3.8) is 0 Å². The van der Waals surface area contributed by atoms with Gasteiger partial charge in [0.1, 0.15) is 0 Å². The fourth-order valence-corrected chi connectivity index (χ4v) is 3.96. The number of fused-ring (bicyclic) bond motifs is 1. The second-order valence-electron chi connectivity index (χ2n) is 7.69. The molecule has 0 bridgehead atoms. The molecule has 1 aliphatic heterocycles. The van der Waals surface area contributed by atoms with Crippen LogP contribution in [0.15, 0.2) is 53.3 Å². The summed E-state index contributed by atoms with van der Waals surface area (Å²) in [5, 5.41) is 1.77. The highest BCUT2D eigenvalue weighted by molar-refractivity contribution is 5.87. The van der Waals surface area contributed by atoms with E-state index >= 15 is 0 Å². The predicted molar refractivity (Wildman–Crippen MR) is 112 cm³/mol. The molecule has 4 rings (SSSR count). The summed E-state index contributed by atoms with van der Waals surface area (Å²) < 4.78 is 0. The fraction of sp³-hybridized carbons (Fsp3) is 0.348. The van der Waals surface area contributed by atoms with Crippen LogP contribution in [0, 0.1) is 6.92 Å². The summed E-state index contributed by atoms with van der Waals surface area (Å²) in [6.45, 7) is 8.79. The van der Waals surface area contributed by atoms with E-state index in [0.717, 1.165) is 53.8 Å². The van der Waals surface area contributed by atoms with Crippen molar-refractivity contribution < 1.29 is 0 Å². The molecule has 1 fully saturated rings. The molecule has 4 heteroatoms. The topological polar surface area (TPSA) is 39.3 Å². The van der Waals surface area contributed by atoms with E-state index in [1.807, 2.05) is 25.1 Å². The lowest BCUT2D eigenvalue weighted by Crippen LogP contribution is -2.45. The van der Waals surface area contributed by atoms with Crippen LogP contribution >= 0.6 is 0 Å². The molecule has 140 valence electrons. The highest BCUT2D eigenvalue weighted by atomic mass is 16.1. The maximum Gasteiger partial charge on any atom is 0.256 e. The number of piperazine rings is 1. The molecule has 0 spiro atoms. The normalized spacial score (nSPS) is 17.3. The molecule has 2 heterocycles. The minimum Gasteiger partial charge on any atom is -0.321 e. The summed E-state index contributed by atoms with van der Waals surface area (Å²) in [6, 6.07) is 17.0. The number of H-pyrrole nitrogens is 1. The quantitative estimate of drug-likeness (QED) is 0.771. The first kappa shape index (κ1) is 18.0. The summed E-state index contributed by atoms with van der Waals surface area (Å²) in [6.07, 6.45) is 0. The Hall–Kier alpha value is -2.43. The van der Waals surface area contributed by atoms with Crippen LogP contribution in [0.1, 0.15) is 24.1 Å². The number of aromatic nitrogens is 1. The Morgan fingerprint density at radius 1 is 0.963 bits per heavy atom. The van der Waals surface area contributed by atoms with Crippen molar-refractivity contribution in [2.24, 2.45) is 0 Å². The lowest BCUT2D eigenvalue weighted by molar-refractivity contribution is 0.119. The Balaban J connectivity index is 1.62.